The number of nitrogens with two attached hydrogens (primary N) is 1. The molecule has 0 aliphatic heterocycles. The smallest absolute Gasteiger partial charge is 0.131 e. The minimum absolute atomic E-state index is 0.283. The first-order chi connectivity index (χ1) is 6.26. The first kappa shape index (κ1) is 10.6. The Balaban J connectivity index is 2.36. The van der Waals surface area contributed by atoms with Crippen molar-refractivity contribution in [2.24, 2.45) is 5.73 Å². The maximum Gasteiger partial charge on any atom is 0.131 e. The average molecular weight is 201 g/mol. The summed E-state index contributed by atoms with van der Waals surface area (Å²) < 4.78 is 5.14. The topological polar surface area (TPSA) is 61.0 Å². The predicted octanol–water partition coefficient (Wildman–Crippen LogP) is 0.964. The van der Waals surface area contributed by atoms with Crippen LogP contribution < -0.4 is 5.73 Å². The van der Waals surface area contributed by atoms with Gasteiger partial charge >= 0.3 is 0 Å². The van der Waals surface area contributed by atoms with Gasteiger partial charge in [-0.25, -0.2) is 0 Å². The third kappa shape index (κ3) is 3.38. The number of aromatic nitrogens is 2. The van der Waals surface area contributed by atoms with Gasteiger partial charge in [0.05, 0.1) is 6.10 Å². The van der Waals surface area contributed by atoms with E-state index in [4.69, 9.17) is 10.5 Å². The molecule has 0 aliphatic carbocycles. The molecule has 4 nitrogen and oxygen atoms in total. The van der Waals surface area contributed by atoms with E-state index in [1.807, 2.05) is 6.92 Å². The Kier molecular flexibility index (Phi) is 4.27. The Morgan fingerprint density at radius 3 is 2.69 bits per heavy atom. The summed E-state index contributed by atoms with van der Waals surface area (Å²) in [5.41, 5.74) is 5.43. The number of methoxy groups -OCH3 is 1. The molecule has 2 N–H and O–H groups in total. The van der Waals surface area contributed by atoms with Crippen molar-refractivity contribution in [2.75, 3.05) is 7.11 Å². The van der Waals surface area contributed by atoms with Crippen molar-refractivity contribution in [1.82, 2.24) is 10.2 Å². The quantitative estimate of drug-likeness (QED) is 0.771. The second-order valence-electron chi connectivity index (χ2n) is 2.88. The second kappa shape index (κ2) is 5.26. The standard InChI is InChI=1S/C8H15N3OS/c1-6(12-2)3-4-7-10-11-8(5-9)13-7/h6H,3-5,9H2,1-2H3. The molecule has 1 aromatic heterocycles. The molecule has 0 aromatic carbocycles. The average Bonchev–Trinajstić information content (AvgIpc) is 2.61. The number of nitrogens with zero attached hydrogens (tertiary/aromatic N) is 2. The molecule has 1 aromatic rings. The fourth-order valence-electron chi connectivity index (χ4n) is 0.916. The molecule has 0 saturated carbocycles. The number of aryl methyl sites for hydroxylation is 1. The van der Waals surface area contributed by atoms with E-state index >= 15 is 0 Å². The molecule has 13 heavy (non-hydrogen) atoms. The fraction of sp³-hybridized carbons (Fsp3) is 0.750. The van der Waals surface area contributed by atoms with Gasteiger partial charge in [0, 0.05) is 20.1 Å². The van der Waals surface area contributed by atoms with Crippen molar-refractivity contribution in [2.45, 2.75) is 32.4 Å². The van der Waals surface area contributed by atoms with Gasteiger partial charge in [-0.2, -0.15) is 0 Å². The lowest BCUT2D eigenvalue weighted by atomic mass is 10.2. The summed E-state index contributed by atoms with van der Waals surface area (Å²) in [4.78, 5) is 0. The zero-order valence-corrected chi connectivity index (χ0v) is 8.80. The van der Waals surface area contributed by atoms with Crippen LogP contribution in [0.4, 0.5) is 0 Å². The van der Waals surface area contributed by atoms with Crippen molar-refractivity contribution < 1.29 is 4.74 Å². The number of ether oxygens (including phenoxy) is 1. The van der Waals surface area contributed by atoms with Crippen molar-refractivity contribution in [1.29, 1.82) is 0 Å². The van der Waals surface area contributed by atoms with Crippen molar-refractivity contribution in [3.05, 3.63) is 10.0 Å². The highest BCUT2D eigenvalue weighted by atomic mass is 32.1. The van der Waals surface area contributed by atoms with Crippen LogP contribution >= 0.6 is 11.3 Å². The molecule has 0 amide bonds. The third-order valence-electron chi connectivity index (χ3n) is 1.85. The molecule has 1 atom stereocenters. The molecule has 1 rings (SSSR count). The number of hydrogen-bond acceptors (Lipinski definition) is 5. The molecular formula is C8H15N3OS. The molecular weight excluding hydrogens is 186 g/mol. The first-order valence-electron chi connectivity index (χ1n) is 4.30. The third-order valence-corrected chi connectivity index (χ3v) is 2.86. The summed E-state index contributed by atoms with van der Waals surface area (Å²) in [6, 6.07) is 0. The zero-order chi connectivity index (χ0) is 9.68. The van der Waals surface area contributed by atoms with Gasteiger partial charge in [-0.05, 0) is 13.3 Å². The van der Waals surface area contributed by atoms with Gasteiger partial charge in [0.1, 0.15) is 10.0 Å². The maximum absolute atomic E-state index is 5.43. The Labute approximate surface area is 82.1 Å². The molecule has 5 heteroatoms. The van der Waals surface area contributed by atoms with Gasteiger partial charge in [0.15, 0.2) is 0 Å². The summed E-state index contributed by atoms with van der Waals surface area (Å²) in [5, 5.41) is 9.92. The number of hydrogen-bond donors (Lipinski definition) is 1. The Morgan fingerprint density at radius 2 is 2.15 bits per heavy atom. The summed E-state index contributed by atoms with van der Waals surface area (Å²) in [6.45, 7) is 2.53. The van der Waals surface area contributed by atoms with Crippen LogP contribution in [0.3, 0.4) is 0 Å². The lowest BCUT2D eigenvalue weighted by Gasteiger charge is -2.05. The van der Waals surface area contributed by atoms with Crippen LogP contribution in [0.15, 0.2) is 0 Å². The SMILES string of the molecule is COC(C)CCc1nnc(CN)s1. The van der Waals surface area contributed by atoms with Gasteiger partial charge in [0.25, 0.3) is 0 Å². The van der Waals surface area contributed by atoms with Crippen LogP contribution in [0.2, 0.25) is 0 Å². The molecule has 1 heterocycles. The maximum atomic E-state index is 5.43. The van der Waals surface area contributed by atoms with E-state index in [2.05, 4.69) is 10.2 Å². The molecule has 0 bridgehead atoms. The van der Waals surface area contributed by atoms with E-state index in [0.717, 1.165) is 22.9 Å². The highest BCUT2D eigenvalue weighted by Crippen LogP contribution is 2.12. The van der Waals surface area contributed by atoms with Gasteiger partial charge < -0.3 is 10.5 Å². The summed E-state index contributed by atoms with van der Waals surface area (Å²) in [6.07, 6.45) is 2.19. The summed E-state index contributed by atoms with van der Waals surface area (Å²) in [7, 11) is 1.72. The molecule has 0 aliphatic rings. The molecule has 0 spiro atoms. The van der Waals surface area contributed by atoms with Crippen LogP contribution in [0, 0.1) is 0 Å². The highest BCUT2D eigenvalue weighted by Gasteiger charge is 2.05. The largest absolute Gasteiger partial charge is 0.382 e. The van der Waals surface area contributed by atoms with Crippen molar-refractivity contribution in [3.8, 4) is 0 Å². The Bertz CT molecular complexity index is 251. The zero-order valence-electron chi connectivity index (χ0n) is 7.99. The van der Waals surface area contributed by atoms with E-state index in [1.54, 1.807) is 18.4 Å². The van der Waals surface area contributed by atoms with E-state index < -0.39 is 0 Å². The van der Waals surface area contributed by atoms with E-state index in [1.165, 1.54) is 0 Å². The summed E-state index contributed by atoms with van der Waals surface area (Å²) in [5.74, 6) is 0. The van der Waals surface area contributed by atoms with Crippen LogP contribution in [0.25, 0.3) is 0 Å². The van der Waals surface area contributed by atoms with Crippen LogP contribution in [0.1, 0.15) is 23.4 Å². The molecule has 0 radical (unpaired) electrons. The van der Waals surface area contributed by atoms with E-state index in [9.17, 15) is 0 Å². The molecule has 0 saturated heterocycles. The Morgan fingerprint density at radius 1 is 1.46 bits per heavy atom. The fourth-order valence-corrected chi connectivity index (χ4v) is 1.65. The first-order valence-corrected chi connectivity index (χ1v) is 5.12. The van der Waals surface area contributed by atoms with E-state index in [0.29, 0.717) is 6.54 Å². The van der Waals surface area contributed by atoms with Crippen molar-refractivity contribution >= 4 is 11.3 Å². The second-order valence-corrected chi connectivity index (χ2v) is 4.03. The highest BCUT2D eigenvalue weighted by molar-refractivity contribution is 7.11. The molecule has 74 valence electrons. The molecule has 0 fully saturated rings. The van der Waals surface area contributed by atoms with Crippen LogP contribution in [-0.2, 0) is 17.7 Å². The lowest BCUT2D eigenvalue weighted by Crippen LogP contribution is -2.05. The van der Waals surface area contributed by atoms with Gasteiger partial charge in [-0.3, -0.25) is 0 Å². The Hall–Kier alpha value is -0.520. The van der Waals surface area contributed by atoms with Gasteiger partial charge in [-0.1, -0.05) is 0 Å². The minimum Gasteiger partial charge on any atom is -0.382 e. The summed E-state index contributed by atoms with van der Waals surface area (Å²) >= 11 is 1.58. The normalized spacial score (nSPS) is 13.2. The monoisotopic (exact) mass is 201 g/mol. The minimum atomic E-state index is 0.283. The van der Waals surface area contributed by atoms with Crippen molar-refractivity contribution in [3.63, 3.8) is 0 Å². The van der Waals surface area contributed by atoms with Crippen LogP contribution in [0.5, 0.6) is 0 Å². The van der Waals surface area contributed by atoms with Crippen LogP contribution in [-0.4, -0.2) is 23.4 Å². The van der Waals surface area contributed by atoms with Gasteiger partial charge in [-0.15, -0.1) is 21.5 Å². The van der Waals surface area contributed by atoms with Gasteiger partial charge in [0.2, 0.25) is 0 Å². The lowest BCUT2D eigenvalue weighted by molar-refractivity contribution is 0.111. The number of rotatable bonds is 5. The van der Waals surface area contributed by atoms with E-state index in [-0.39, 0.29) is 6.10 Å². The predicted molar refractivity (Wildman–Crippen MR) is 52.6 cm³/mol. The molecule has 1 unspecified atom stereocenters.